The second-order valence-corrected chi connectivity index (χ2v) is 6.22. The first-order chi connectivity index (χ1) is 13.2. The van der Waals surface area contributed by atoms with E-state index in [-0.39, 0.29) is 5.91 Å². The molecule has 0 unspecified atom stereocenters. The van der Waals surface area contributed by atoms with E-state index >= 15 is 0 Å². The molecule has 0 saturated carbocycles. The number of aromatic nitrogens is 3. The normalized spacial score (nSPS) is 10.9. The molecule has 2 N–H and O–H groups in total. The Morgan fingerprint density at radius 2 is 1.96 bits per heavy atom. The minimum atomic E-state index is -0.168. The van der Waals surface area contributed by atoms with E-state index in [1.807, 2.05) is 42.6 Å². The van der Waals surface area contributed by atoms with Gasteiger partial charge in [-0.25, -0.2) is 0 Å². The van der Waals surface area contributed by atoms with Crippen molar-refractivity contribution in [1.82, 2.24) is 20.1 Å². The van der Waals surface area contributed by atoms with Crippen LogP contribution in [0.25, 0.3) is 22.2 Å². The third-order valence-corrected chi connectivity index (χ3v) is 4.53. The Morgan fingerprint density at radius 1 is 1.15 bits per heavy atom. The molecule has 2 heterocycles. The topological polar surface area (TPSA) is 71.9 Å². The molecule has 4 aromatic rings. The first-order valence-corrected chi connectivity index (χ1v) is 8.76. The van der Waals surface area contributed by atoms with Crippen molar-refractivity contribution >= 4 is 16.8 Å². The van der Waals surface area contributed by atoms with Crippen LogP contribution in [-0.2, 0) is 6.54 Å². The molecule has 6 heteroatoms. The summed E-state index contributed by atoms with van der Waals surface area (Å²) < 4.78 is 7.29. The highest BCUT2D eigenvalue weighted by Crippen LogP contribution is 2.21. The van der Waals surface area contributed by atoms with Crippen LogP contribution in [0.15, 0.2) is 66.9 Å². The van der Waals surface area contributed by atoms with Crippen molar-refractivity contribution in [1.29, 1.82) is 0 Å². The van der Waals surface area contributed by atoms with E-state index in [9.17, 15) is 4.79 Å². The number of hydrogen-bond donors (Lipinski definition) is 2. The Labute approximate surface area is 156 Å². The fourth-order valence-corrected chi connectivity index (χ4v) is 3.07. The molecule has 0 atom stereocenters. The molecule has 4 rings (SSSR count). The molecule has 0 aliphatic heterocycles. The quantitative estimate of drug-likeness (QED) is 0.553. The number of rotatable bonds is 6. The van der Waals surface area contributed by atoms with Gasteiger partial charge in [-0.1, -0.05) is 18.2 Å². The molecule has 0 bridgehead atoms. The summed E-state index contributed by atoms with van der Waals surface area (Å²) in [5, 5.41) is 11.2. The van der Waals surface area contributed by atoms with Gasteiger partial charge in [0.1, 0.15) is 11.4 Å². The molecule has 0 aliphatic carbocycles. The second-order valence-electron chi connectivity index (χ2n) is 6.22. The van der Waals surface area contributed by atoms with E-state index in [0.717, 1.165) is 22.5 Å². The molecule has 0 fully saturated rings. The van der Waals surface area contributed by atoms with Crippen molar-refractivity contribution < 1.29 is 9.53 Å². The monoisotopic (exact) mass is 360 g/mol. The first kappa shape index (κ1) is 16.9. The van der Waals surface area contributed by atoms with Crippen molar-refractivity contribution in [2.75, 3.05) is 13.7 Å². The molecule has 0 saturated heterocycles. The molecule has 1 amide bonds. The van der Waals surface area contributed by atoms with Crippen molar-refractivity contribution in [3.63, 3.8) is 0 Å². The van der Waals surface area contributed by atoms with Crippen molar-refractivity contribution in [3.8, 4) is 17.0 Å². The Hall–Kier alpha value is -3.54. The lowest BCUT2D eigenvalue weighted by molar-refractivity contribution is 0.0947. The van der Waals surface area contributed by atoms with Gasteiger partial charge in [-0.05, 0) is 47.9 Å². The van der Waals surface area contributed by atoms with E-state index < -0.39 is 0 Å². The highest BCUT2D eigenvalue weighted by molar-refractivity contribution is 5.93. The average molecular weight is 360 g/mol. The van der Waals surface area contributed by atoms with Gasteiger partial charge in [0.05, 0.1) is 12.8 Å². The van der Waals surface area contributed by atoms with Crippen LogP contribution in [0.1, 0.15) is 10.5 Å². The number of para-hydroxylation sites is 1. The number of ether oxygens (including phenoxy) is 1. The summed E-state index contributed by atoms with van der Waals surface area (Å²) in [5.74, 6) is 0.614. The SMILES string of the molecule is COc1ccc(-c2cc(C(=O)NCCn3ccc4ccccc43)[nH]n2)cc1. The summed E-state index contributed by atoms with van der Waals surface area (Å²) >= 11 is 0. The molecular weight excluding hydrogens is 340 g/mol. The van der Waals surface area contributed by atoms with Crippen LogP contribution in [0.2, 0.25) is 0 Å². The number of carbonyl (C=O) groups is 1. The maximum atomic E-state index is 12.4. The fraction of sp³-hybridized carbons (Fsp3) is 0.143. The zero-order valence-corrected chi connectivity index (χ0v) is 15.0. The Bertz CT molecular complexity index is 1060. The number of nitrogens with one attached hydrogen (secondary N) is 2. The summed E-state index contributed by atoms with van der Waals surface area (Å²) in [6, 6.07) is 19.6. The van der Waals surface area contributed by atoms with E-state index in [0.29, 0.717) is 18.8 Å². The molecular formula is C21H20N4O2. The minimum Gasteiger partial charge on any atom is -0.497 e. The van der Waals surface area contributed by atoms with Crippen LogP contribution in [0.5, 0.6) is 5.75 Å². The molecule has 2 aromatic carbocycles. The number of aromatic amines is 1. The summed E-state index contributed by atoms with van der Waals surface area (Å²) in [5.41, 5.74) is 3.25. The number of carbonyl (C=O) groups excluding carboxylic acids is 1. The lowest BCUT2D eigenvalue weighted by Gasteiger charge is -2.06. The van der Waals surface area contributed by atoms with Gasteiger partial charge in [0, 0.05) is 30.4 Å². The number of nitrogens with zero attached hydrogens (tertiary/aromatic N) is 2. The summed E-state index contributed by atoms with van der Waals surface area (Å²) in [7, 11) is 1.63. The fourth-order valence-electron chi connectivity index (χ4n) is 3.07. The smallest absolute Gasteiger partial charge is 0.269 e. The Morgan fingerprint density at radius 3 is 2.78 bits per heavy atom. The number of H-pyrrole nitrogens is 1. The van der Waals surface area contributed by atoms with E-state index in [2.05, 4.69) is 38.3 Å². The van der Waals surface area contributed by atoms with Gasteiger partial charge in [-0.15, -0.1) is 0 Å². The zero-order valence-electron chi connectivity index (χ0n) is 15.0. The maximum Gasteiger partial charge on any atom is 0.269 e. The van der Waals surface area contributed by atoms with Gasteiger partial charge < -0.3 is 14.6 Å². The lowest BCUT2D eigenvalue weighted by Crippen LogP contribution is -2.27. The van der Waals surface area contributed by atoms with Gasteiger partial charge in [0.25, 0.3) is 5.91 Å². The Kier molecular flexibility index (Phi) is 4.61. The molecule has 136 valence electrons. The van der Waals surface area contributed by atoms with E-state index in [1.165, 1.54) is 5.39 Å². The van der Waals surface area contributed by atoms with E-state index in [4.69, 9.17) is 4.74 Å². The zero-order chi connectivity index (χ0) is 18.6. The third-order valence-electron chi connectivity index (χ3n) is 4.53. The third kappa shape index (κ3) is 3.55. The predicted molar refractivity (Wildman–Crippen MR) is 105 cm³/mol. The first-order valence-electron chi connectivity index (χ1n) is 8.76. The van der Waals surface area contributed by atoms with Crippen LogP contribution in [-0.4, -0.2) is 34.3 Å². The molecule has 2 aromatic heterocycles. The van der Waals surface area contributed by atoms with Crippen molar-refractivity contribution in [2.45, 2.75) is 6.54 Å². The van der Waals surface area contributed by atoms with Crippen LogP contribution in [0, 0.1) is 0 Å². The number of hydrogen-bond acceptors (Lipinski definition) is 3. The van der Waals surface area contributed by atoms with Crippen LogP contribution < -0.4 is 10.1 Å². The molecule has 0 radical (unpaired) electrons. The van der Waals surface area contributed by atoms with Gasteiger partial charge in [-0.2, -0.15) is 5.10 Å². The van der Waals surface area contributed by atoms with E-state index in [1.54, 1.807) is 13.2 Å². The maximum absolute atomic E-state index is 12.4. The largest absolute Gasteiger partial charge is 0.497 e. The highest BCUT2D eigenvalue weighted by Gasteiger charge is 2.11. The molecule has 0 aliphatic rings. The lowest BCUT2D eigenvalue weighted by atomic mass is 10.1. The second kappa shape index (κ2) is 7.37. The van der Waals surface area contributed by atoms with Gasteiger partial charge >= 0.3 is 0 Å². The van der Waals surface area contributed by atoms with Gasteiger partial charge in [0.2, 0.25) is 0 Å². The Balaban J connectivity index is 1.38. The van der Waals surface area contributed by atoms with Crippen molar-refractivity contribution in [2.24, 2.45) is 0 Å². The molecule has 27 heavy (non-hydrogen) atoms. The summed E-state index contributed by atoms with van der Waals surface area (Å²) in [6.45, 7) is 1.24. The van der Waals surface area contributed by atoms with Crippen molar-refractivity contribution in [3.05, 3.63) is 72.6 Å². The van der Waals surface area contributed by atoms with Crippen LogP contribution in [0.3, 0.4) is 0 Å². The molecule has 6 nitrogen and oxygen atoms in total. The van der Waals surface area contributed by atoms with Crippen LogP contribution >= 0.6 is 0 Å². The minimum absolute atomic E-state index is 0.168. The summed E-state index contributed by atoms with van der Waals surface area (Å²) in [4.78, 5) is 12.4. The predicted octanol–water partition coefficient (Wildman–Crippen LogP) is 3.47. The standard InChI is InChI=1S/C21H20N4O2/c1-27-17-8-6-15(7-9-17)18-14-19(24-23-18)21(26)22-11-13-25-12-10-16-4-2-3-5-20(16)25/h2-10,12,14H,11,13H2,1H3,(H,22,26)(H,23,24). The highest BCUT2D eigenvalue weighted by atomic mass is 16.5. The van der Waals surface area contributed by atoms with Gasteiger partial charge in [0.15, 0.2) is 0 Å². The number of benzene rings is 2. The van der Waals surface area contributed by atoms with Crippen LogP contribution in [0.4, 0.5) is 0 Å². The average Bonchev–Trinajstić information content (AvgIpc) is 3.36. The number of amides is 1. The molecule has 0 spiro atoms. The number of methoxy groups -OCH3 is 1. The van der Waals surface area contributed by atoms with Gasteiger partial charge in [-0.3, -0.25) is 9.89 Å². The summed E-state index contributed by atoms with van der Waals surface area (Å²) in [6.07, 6.45) is 2.04. The number of fused-ring (bicyclic) bond motifs is 1.